The summed E-state index contributed by atoms with van der Waals surface area (Å²) in [5.74, 6) is -0.371. The fourth-order valence-electron chi connectivity index (χ4n) is 3.01. The number of carbonyl (C=O) groups excluding carboxylic acids is 1. The predicted octanol–water partition coefficient (Wildman–Crippen LogP) is 3.06. The summed E-state index contributed by atoms with van der Waals surface area (Å²) in [5.41, 5.74) is 0.675. The molecular weight excluding hydrogens is 270 g/mol. The van der Waals surface area contributed by atoms with Crippen molar-refractivity contribution >= 4 is 33.1 Å². The molecule has 4 rings (SSSR count). The van der Waals surface area contributed by atoms with Crippen LogP contribution in [0, 0.1) is 0 Å². The first-order valence-corrected chi connectivity index (χ1v) is 6.42. The maximum atomic E-state index is 12.1. The van der Waals surface area contributed by atoms with Crippen LogP contribution in [0.3, 0.4) is 0 Å². The highest BCUT2D eigenvalue weighted by Gasteiger charge is 2.32. The second kappa shape index (κ2) is 3.86. The Labute approximate surface area is 119 Å². The molecule has 0 unspecified atom stereocenters. The summed E-state index contributed by atoms with van der Waals surface area (Å²) < 4.78 is 5.31. The van der Waals surface area contributed by atoms with Gasteiger partial charge in [0.1, 0.15) is 0 Å². The highest BCUT2D eigenvalue weighted by molar-refractivity contribution is 6.30. The van der Waals surface area contributed by atoms with E-state index in [0.29, 0.717) is 27.3 Å². The van der Waals surface area contributed by atoms with Gasteiger partial charge in [0.25, 0.3) is 5.91 Å². The lowest BCUT2D eigenvalue weighted by atomic mass is 9.97. The Kier molecular flexibility index (Phi) is 2.21. The van der Waals surface area contributed by atoms with Crippen LogP contribution in [-0.4, -0.2) is 23.3 Å². The maximum absolute atomic E-state index is 12.1. The Morgan fingerprint density at radius 3 is 2.67 bits per heavy atom. The van der Waals surface area contributed by atoms with Crippen LogP contribution in [0.15, 0.2) is 36.4 Å². The zero-order chi connectivity index (χ0) is 14.7. The molecular formula is C16H11NO4. The van der Waals surface area contributed by atoms with E-state index in [1.807, 2.05) is 24.3 Å². The lowest BCUT2D eigenvalue weighted by Crippen LogP contribution is -2.21. The molecule has 5 heteroatoms. The number of hydroxylamine groups is 1. The molecule has 0 radical (unpaired) electrons. The number of phenolic OH excluding ortho intramolecular Hbond substituents is 1. The van der Waals surface area contributed by atoms with Crippen LogP contribution in [0.2, 0.25) is 0 Å². The number of nitrogens with zero attached hydrogens (tertiary/aromatic N) is 1. The minimum atomic E-state index is -0.553. The second-order valence-electron chi connectivity index (χ2n) is 4.96. The fourth-order valence-corrected chi connectivity index (χ4v) is 3.01. The number of hydrogen-bond donors (Lipinski definition) is 2. The maximum Gasteiger partial charge on any atom is 0.282 e. The summed E-state index contributed by atoms with van der Waals surface area (Å²) in [6, 6.07) is 10.6. The number of carbonyl (C=O) groups is 1. The number of fused-ring (bicyclic) bond motifs is 2. The lowest BCUT2D eigenvalue weighted by Gasteiger charge is -2.12. The van der Waals surface area contributed by atoms with Crippen molar-refractivity contribution in [3.63, 3.8) is 0 Å². The van der Waals surface area contributed by atoms with Crippen molar-refractivity contribution in [2.45, 2.75) is 0 Å². The fraction of sp³-hybridized carbons (Fsp3) is 0.0625. The van der Waals surface area contributed by atoms with Crippen molar-refractivity contribution in [3.8, 4) is 11.5 Å². The number of benzene rings is 3. The van der Waals surface area contributed by atoms with Crippen LogP contribution >= 0.6 is 0 Å². The van der Waals surface area contributed by atoms with E-state index in [1.54, 1.807) is 6.07 Å². The van der Waals surface area contributed by atoms with Gasteiger partial charge in [0, 0.05) is 10.8 Å². The van der Waals surface area contributed by atoms with Crippen molar-refractivity contribution in [2.75, 3.05) is 12.2 Å². The monoisotopic (exact) mass is 281 g/mol. The number of rotatable bonds is 1. The largest absolute Gasteiger partial charge is 0.504 e. The average Bonchev–Trinajstić information content (AvgIpc) is 2.73. The van der Waals surface area contributed by atoms with Gasteiger partial charge in [0.05, 0.1) is 18.4 Å². The molecule has 1 aliphatic heterocycles. The van der Waals surface area contributed by atoms with Crippen LogP contribution in [-0.2, 0) is 0 Å². The van der Waals surface area contributed by atoms with Gasteiger partial charge < -0.3 is 9.84 Å². The van der Waals surface area contributed by atoms with Gasteiger partial charge in [-0.1, -0.05) is 24.3 Å². The number of phenols is 1. The smallest absolute Gasteiger partial charge is 0.282 e. The van der Waals surface area contributed by atoms with Gasteiger partial charge in [-0.15, -0.1) is 0 Å². The molecule has 0 saturated carbocycles. The summed E-state index contributed by atoms with van der Waals surface area (Å²) in [4.78, 5) is 12.1. The molecule has 3 aromatic rings. The Morgan fingerprint density at radius 2 is 1.90 bits per heavy atom. The molecule has 1 heterocycles. The summed E-state index contributed by atoms with van der Waals surface area (Å²) in [5, 5.41) is 23.7. The first-order valence-electron chi connectivity index (χ1n) is 6.42. The minimum absolute atomic E-state index is 0.119. The van der Waals surface area contributed by atoms with Gasteiger partial charge in [-0.2, -0.15) is 5.06 Å². The van der Waals surface area contributed by atoms with Gasteiger partial charge in [0.15, 0.2) is 11.5 Å². The van der Waals surface area contributed by atoms with Crippen molar-refractivity contribution in [1.82, 2.24) is 0 Å². The predicted molar refractivity (Wildman–Crippen MR) is 78.3 cm³/mol. The van der Waals surface area contributed by atoms with Crippen LogP contribution < -0.4 is 9.80 Å². The highest BCUT2D eigenvalue weighted by Crippen LogP contribution is 2.48. The Balaban J connectivity index is 2.36. The van der Waals surface area contributed by atoms with Crippen molar-refractivity contribution < 1.29 is 19.8 Å². The third-order valence-electron chi connectivity index (χ3n) is 3.89. The molecule has 3 aromatic carbocycles. The normalized spacial score (nSPS) is 13.4. The van der Waals surface area contributed by atoms with E-state index in [2.05, 4.69) is 0 Å². The number of amides is 1. The van der Waals surface area contributed by atoms with Crippen LogP contribution in [0.5, 0.6) is 11.5 Å². The molecule has 0 spiro atoms. The van der Waals surface area contributed by atoms with Crippen molar-refractivity contribution in [2.24, 2.45) is 0 Å². The SMILES string of the molecule is COc1c(O)cc2c3c(cc4ccccc4c13)N(O)C2=O. The molecule has 2 N–H and O–H groups in total. The first kappa shape index (κ1) is 12.0. The van der Waals surface area contributed by atoms with Crippen LogP contribution in [0.1, 0.15) is 10.4 Å². The number of ether oxygens (including phenoxy) is 1. The van der Waals surface area contributed by atoms with E-state index in [1.165, 1.54) is 13.2 Å². The number of aromatic hydroxyl groups is 1. The zero-order valence-electron chi connectivity index (χ0n) is 11.1. The van der Waals surface area contributed by atoms with E-state index in [0.717, 1.165) is 10.8 Å². The molecule has 5 nitrogen and oxygen atoms in total. The molecule has 0 saturated heterocycles. The summed E-state index contributed by atoms with van der Waals surface area (Å²) >= 11 is 0. The van der Waals surface area contributed by atoms with Gasteiger partial charge in [0.2, 0.25) is 0 Å². The van der Waals surface area contributed by atoms with Gasteiger partial charge in [-0.05, 0) is 22.9 Å². The van der Waals surface area contributed by atoms with E-state index >= 15 is 0 Å². The third kappa shape index (κ3) is 1.35. The van der Waals surface area contributed by atoms with E-state index in [9.17, 15) is 15.1 Å². The summed E-state index contributed by atoms with van der Waals surface area (Å²) in [6.07, 6.45) is 0. The molecule has 21 heavy (non-hydrogen) atoms. The minimum Gasteiger partial charge on any atom is -0.504 e. The molecule has 0 aliphatic carbocycles. The van der Waals surface area contributed by atoms with Gasteiger partial charge >= 0.3 is 0 Å². The number of anilines is 1. The van der Waals surface area contributed by atoms with Crippen molar-refractivity contribution in [3.05, 3.63) is 42.0 Å². The zero-order valence-corrected chi connectivity index (χ0v) is 11.1. The Hall–Kier alpha value is -2.79. The first-order chi connectivity index (χ1) is 10.1. The van der Waals surface area contributed by atoms with Gasteiger partial charge in [-0.3, -0.25) is 10.0 Å². The van der Waals surface area contributed by atoms with Crippen molar-refractivity contribution in [1.29, 1.82) is 0 Å². The summed E-state index contributed by atoms with van der Waals surface area (Å²) in [6.45, 7) is 0. The quantitative estimate of drug-likeness (QED) is 0.531. The lowest BCUT2D eigenvalue weighted by molar-refractivity contribution is 0.0866. The van der Waals surface area contributed by atoms with E-state index in [4.69, 9.17) is 4.74 Å². The topological polar surface area (TPSA) is 70.0 Å². The average molecular weight is 281 g/mol. The number of hydrogen-bond acceptors (Lipinski definition) is 4. The molecule has 0 fully saturated rings. The molecule has 104 valence electrons. The molecule has 0 bridgehead atoms. The highest BCUT2D eigenvalue weighted by atomic mass is 16.5. The Bertz CT molecular complexity index is 933. The standard InChI is InChI=1S/C16H11NO4/c1-21-15-12(18)7-10-13-11(17(20)16(10)19)6-8-4-2-3-5-9(8)14(13)15/h2-7,18,20H,1H3. The second-order valence-corrected chi connectivity index (χ2v) is 4.96. The molecule has 1 amide bonds. The van der Waals surface area contributed by atoms with Crippen LogP contribution in [0.4, 0.5) is 5.69 Å². The van der Waals surface area contributed by atoms with Crippen LogP contribution in [0.25, 0.3) is 21.5 Å². The molecule has 0 atom stereocenters. The molecule has 1 aliphatic rings. The van der Waals surface area contributed by atoms with E-state index in [-0.39, 0.29) is 11.3 Å². The van der Waals surface area contributed by atoms with E-state index < -0.39 is 5.91 Å². The third-order valence-corrected chi connectivity index (χ3v) is 3.89. The van der Waals surface area contributed by atoms with Gasteiger partial charge in [-0.25, -0.2) is 0 Å². The number of methoxy groups -OCH3 is 1. The molecule has 0 aromatic heterocycles. The Morgan fingerprint density at radius 1 is 1.14 bits per heavy atom. The summed E-state index contributed by atoms with van der Waals surface area (Å²) in [7, 11) is 1.46.